The Balaban J connectivity index is 2.33. The fourth-order valence-corrected chi connectivity index (χ4v) is 2.09. The van der Waals surface area contributed by atoms with Gasteiger partial charge in [0.15, 0.2) is 5.84 Å². The van der Waals surface area contributed by atoms with Gasteiger partial charge in [-0.25, -0.2) is 0 Å². The van der Waals surface area contributed by atoms with E-state index in [2.05, 4.69) is 26.4 Å². The number of phenols is 1. The molecule has 0 spiro atoms. The van der Waals surface area contributed by atoms with Gasteiger partial charge in [-0.1, -0.05) is 27.2 Å². The van der Waals surface area contributed by atoms with Crippen LogP contribution in [0.4, 0.5) is 5.69 Å². The SMILES string of the molecule is N/C(=N/O)c1cc(Br)ccc1NC(=O)c1cccc(O)c1. The molecule has 1 amide bonds. The summed E-state index contributed by atoms with van der Waals surface area (Å²) in [7, 11) is 0. The molecule has 0 fully saturated rings. The minimum atomic E-state index is -0.416. The van der Waals surface area contributed by atoms with Crippen LogP contribution in [0.3, 0.4) is 0 Å². The summed E-state index contributed by atoms with van der Waals surface area (Å²) in [6.07, 6.45) is 0. The summed E-state index contributed by atoms with van der Waals surface area (Å²) in [6.45, 7) is 0. The number of hydrogen-bond acceptors (Lipinski definition) is 4. The van der Waals surface area contributed by atoms with Crippen molar-refractivity contribution < 1.29 is 15.1 Å². The fraction of sp³-hybridized carbons (Fsp3) is 0. The highest BCUT2D eigenvalue weighted by molar-refractivity contribution is 9.10. The highest BCUT2D eigenvalue weighted by Crippen LogP contribution is 2.22. The second-order valence-corrected chi connectivity index (χ2v) is 5.10. The van der Waals surface area contributed by atoms with Gasteiger partial charge in [0.1, 0.15) is 5.75 Å². The first-order valence-electron chi connectivity index (χ1n) is 5.89. The van der Waals surface area contributed by atoms with Gasteiger partial charge in [0, 0.05) is 15.6 Å². The number of oxime groups is 1. The van der Waals surface area contributed by atoms with Crippen LogP contribution in [0, 0.1) is 0 Å². The van der Waals surface area contributed by atoms with E-state index in [0.717, 1.165) is 4.47 Å². The Morgan fingerprint density at radius 2 is 2.00 bits per heavy atom. The maximum Gasteiger partial charge on any atom is 0.255 e. The van der Waals surface area contributed by atoms with Crippen LogP contribution in [-0.2, 0) is 0 Å². The van der Waals surface area contributed by atoms with E-state index < -0.39 is 5.91 Å². The van der Waals surface area contributed by atoms with E-state index in [-0.39, 0.29) is 11.6 Å². The number of halogens is 1. The second-order valence-electron chi connectivity index (χ2n) is 4.18. The molecule has 21 heavy (non-hydrogen) atoms. The number of rotatable bonds is 3. The third-order valence-corrected chi connectivity index (χ3v) is 3.22. The van der Waals surface area contributed by atoms with Crippen LogP contribution in [0.2, 0.25) is 0 Å². The van der Waals surface area contributed by atoms with Crippen molar-refractivity contribution >= 4 is 33.4 Å². The van der Waals surface area contributed by atoms with E-state index in [4.69, 9.17) is 10.9 Å². The highest BCUT2D eigenvalue weighted by Gasteiger charge is 2.12. The lowest BCUT2D eigenvalue weighted by atomic mass is 10.1. The molecule has 0 bridgehead atoms. The zero-order valence-electron chi connectivity index (χ0n) is 10.7. The molecule has 0 unspecified atom stereocenters. The number of carbonyl (C=O) groups is 1. The van der Waals surface area contributed by atoms with E-state index >= 15 is 0 Å². The normalized spacial score (nSPS) is 11.2. The van der Waals surface area contributed by atoms with Crippen molar-refractivity contribution in [2.45, 2.75) is 0 Å². The number of amidine groups is 1. The topological polar surface area (TPSA) is 108 Å². The molecule has 108 valence electrons. The Bertz CT molecular complexity index is 716. The zero-order chi connectivity index (χ0) is 15.4. The molecule has 5 N–H and O–H groups in total. The van der Waals surface area contributed by atoms with Crippen molar-refractivity contribution in [2.24, 2.45) is 10.9 Å². The summed E-state index contributed by atoms with van der Waals surface area (Å²) in [5, 5.41) is 23.8. The lowest BCUT2D eigenvalue weighted by molar-refractivity contribution is 0.102. The van der Waals surface area contributed by atoms with Crippen molar-refractivity contribution in [3.8, 4) is 5.75 Å². The Morgan fingerprint density at radius 3 is 2.67 bits per heavy atom. The van der Waals surface area contributed by atoms with Crippen molar-refractivity contribution in [3.63, 3.8) is 0 Å². The van der Waals surface area contributed by atoms with E-state index in [9.17, 15) is 9.90 Å². The number of hydrogen-bond donors (Lipinski definition) is 4. The Morgan fingerprint density at radius 1 is 1.24 bits per heavy atom. The van der Waals surface area contributed by atoms with Gasteiger partial charge in [0.05, 0.1) is 5.69 Å². The average molecular weight is 350 g/mol. The molecule has 2 aromatic carbocycles. The third-order valence-electron chi connectivity index (χ3n) is 2.72. The molecule has 0 radical (unpaired) electrons. The first-order chi connectivity index (χ1) is 10.0. The summed E-state index contributed by atoms with van der Waals surface area (Å²) in [5.41, 5.74) is 6.65. The van der Waals surface area contributed by atoms with Crippen molar-refractivity contribution in [1.29, 1.82) is 0 Å². The summed E-state index contributed by atoms with van der Waals surface area (Å²) in [5.74, 6) is -0.544. The fourth-order valence-electron chi connectivity index (χ4n) is 1.73. The van der Waals surface area contributed by atoms with Crippen molar-refractivity contribution in [1.82, 2.24) is 0 Å². The highest BCUT2D eigenvalue weighted by atomic mass is 79.9. The van der Waals surface area contributed by atoms with Crippen LogP contribution >= 0.6 is 15.9 Å². The summed E-state index contributed by atoms with van der Waals surface area (Å²) in [6, 6.07) is 10.9. The molecule has 0 aliphatic rings. The average Bonchev–Trinajstić information content (AvgIpc) is 2.48. The minimum absolute atomic E-state index is 0.00452. The number of nitrogens with two attached hydrogens (primary N) is 1. The van der Waals surface area contributed by atoms with Gasteiger partial charge in [-0.05, 0) is 36.4 Å². The van der Waals surface area contributed by atoms with Crippen LogP contribution in [0.1, 0.15) is 15.9 Å². The van der Waals surface area contributed by atoms with Crippen LogP contribution in [0.15, 0.2) is 52.1 Å². The predicted molar refractivity (Wildman–Crippen MR) is 82.7 cm³/mol. The van der Waals surface area contributed by atoms with E-state index in [1.54, 1.807) is 30.3 Å². The van der Waals surface area contributed by atoms with Crippen LogP contribution in [0.25, 0.3) is 0 Å². The van der Waals surface area contributed by atoms with Crippen LogP contribution in [0.5, 0.6) is 5.75 Å². The van der Waals surface area contributed by atoms with E-state index in [1.807, 2.05) is 0 Å². The zero-order valence-corrected chi connectivity index (χ0v) is 12.3. The Kier molecular flexibility index (Phi) is 4.44. The predicted octanol–water partition coefficient (Wildman–Crippen LogP) is 2.50. The van der Waals surface area contributed by atoms with Gasteiger partial charge in [0.2, 0.25) is 0 Å². The molecule has 0 saturated heterocycles. The largest absolute Gasteiger partial charge is 0.508 e. The van der Waals surface area contributed by atoms with Gasteiger partial charge in [-0.3, -0.25) is 4.79 Å². The molecule has 0 aromatic heterocycles. The molecule has 2 aromatic rings. The number of anilines is 1. The maximum absolute atomic E-state index is 12.1. The number of carbonyl (C=O) groups excluding carboxylic acids is 1. The summed E-state index contributed by atoms with van der Waals surface area (Å²) >= 11 is 3.28. The lowest BCUT2D eigenvalue weighted by Gasteiger charge is -2.11. The number of benzene rings is 2. The molecular weight excluding hydrogens is 338 g/mol. The number of nitrogens with one attached hydrogen (secondary N) is 1. The summed E-state index contributed by atoms with van der Waals surface area (Å²) in [4.78, 5) is 12.1. The van der Waals surface area contributed by atoms with Crippen molar-refractivity contribution in [3.05, 3.63) is 58.1 Å². The molecule has 6 nitrogen and oxygen atoms in total. The summed E-state index contributed by atoms with van der Waals surface area (Å²) < 4.78 is 0.722. The molecule has 7 heteroatoms. The standard InChI is InChI=1S/C14H12BrN3O3/c15-9-4-5-12(11(7-9)13(16)18-21)17-14(20)8-2-1-3-10(19)6-8/h1-7,19,21H,(H2,16,18)(H,17,20). The molecule has 2 rings (SSSR count). The van der Waals surface area contributed by atoms with Crippen LogP contribution < -0.4 is 11.1 Å². The molecule has 0 atom stereocenters. The number of phenolic OH excluding ortho intramolecular Hbond substituents is 1. The number of amides is 1. The monoisotopic (exact) mass is 349 g/mol. The van der Waals surface area contributed by atoms with Gasteiger partial charge < -0.3 is 21.4 Å². The van der Waals surface area contributed by atoms with E-state index in [0.29, 0.717) is 16.8 Å². The third kappa shape index (κ3) is 3.51. The van der Waals surface area contributed by atoms with Crippen molar-refractivity contribution in [2.75, 3.05) is 5.32 Å². The first-order valence-corrected chi connectivity index (χ1v) is 6.68. The molecule has 0 aliphatic heterocycles. The smallest absolute Gasteiger partial charge is 0.255 e. The van der Waals surface area contributed by atoms with E-state index in [1.165, 1.54) is 12.1 Å². The maximum atomic E-state index is 12.1. The van der Waals surface area contributed by atoms with Gasteiger partial charge >= 0.3 is 0 Å². The lowest BCUT2D eigenvalue weighted by Crippen LogP contribution is -2.19. The number of aromatic hydroxyl groups is 1. The van der Waals surface area contributed by atoms with Crippen LogP contribution in [-0.4, -0.2) is 22.1 Å². The molecule has 0 saturated carbocycles. The van der Waals surface area contributed by atoms with Gasteiger partial charge in [-0.2, -0.15) is 0 Å². The van der Waals surface area contributed by atoms with Gasteiger partial charge in [-0.15, -0.1) is 0 Å². The first kappa shape index (κ1) is 14.9. The molecular formula is C14H12BrN3O3. The second kappa shape index (κ2) is 6.27. The van der Waals surface area contributed by atoms with Gasteiger partial charge in [0.25, 0.3) is 5.91 Å². The molecule has 0 aliphatic carbocycles. The molecule has 0 heterocycles. The number of nitrogens with zero attached hydrogens (tertiary/aromatic N) is 1. The Hall–Kier alpha value is -2.54. The Labute approximate surface area is 129 Å². The minimum Gasteiger partial charge on any atom is -0.508 e. The quantitative estimate of drug-likeness (QED) is 0.295.